The molecule has 2 aromatic rings. The van der Waals surface area contributed by atoms with Gasteiger partial charge in [0.15, 0.2) is 0 Å². The lowest BCUT2D eigenvalue weighted by Crippen LogP contribution is -2.17. The molecule has 0 aliphatic heterocycles. The first kappa shape index (κ1) is 13.6. The molecule has 1 aromatic carbocycles. The van der Waals surface area contributed by atoms with Crippen molar-refractivity contribution >= 4 is 10.9 Å². The average molecular weight is 270 g/mol. The van der Waals surface area contributed by atoms with Crippen molar-refractivity contribution in [1.29, 1.82) is 0 Å². The molecule has 0 saturated heterocycles. The monoisotopic (exact) mass is 270 g/mol. The number of aromatic nitrogens is 1. The fourth-order valence-electron chi connectivity index (χ4n) is 1.86. The molecule has 1 heterocycles. The fourth-order valence-corrected chi connectivity index (χ4v) is 1.86. The summed E-state index contributed by atoms with van der Waals surface area (Å²) in [6, 6.07) is 5.94. The van der Waals surface area contributed by atoms with Crippen molar-refractivity contribution in [2.24, 2.45) is 0 Å². The Labute approximate surface area is 108 Å². The Balaban J connectivity index is 2.43. The predicted molar refractivity (Wildman–Crippen MR) is 65.9 cm³/mol. The van der Waals surface area contributed by atoms with Crippen LogP contribution in [0.1, 0.15) is 11.3 Å². The number of halogens is 3. The molecule has 1 aromatic heterocycles. The number of rotatable bonds is 3. The maximum absolute atomic E-state index is 12.2. The van der Waals surface area contributed by atoms with E-state index in [-0.39, 0.29) is 5.75 Å². The van der Waals surface area contributed by atoms with Crippen LogP contribution in [0.4, 0.5) is 13.2 Å². The van der Waals surface area contributed by atoms with Crippen LogP contribution >= 0.6 is 0 Å². The Kier molecular flexibility index (Phi) is 3.61. The lowest BCUT2D eigenvalue weighted by Gasteiger charge is -2.11. The summed E-state index contributed by atoms with van der Waals surface area (Å²) in [4.78, 5) is 4.35. The number of alkyl halides is 3. The third-order valence-corrected chi connectivity index (χ3v) is 2.68. The number of nitrogens with zero attached hydrogens (tertiary/aromatic N) is 1. The number of nitrogens with one attached hydrogen (secondary N) is 1. The second-order valence-corrected chi connectivity index (χ2v) is 4.17. The van der Waals surface area contributed by atoms with E-state index in [1.54, 1.807) is 7.05 Å². The standard InChI is InChI=1S/C13H13F3N2O/c1-8-10(7-17-2)5-9-6-11(19-13(14,15)16)3-4-12(9)18-8/h3-6,17H,7H2,1-2H3. The maximum Gasteiger partial charge on any atom is 0.573 e. The van der Waals surface area contributed by atoms with Crippen molar-refractivity contribution in [2.45, 2.75) is 19.8 Å². The molecule has 0 saturated carbocycles. The van der Waals surface area contributed by atoms with Crippen molar-refractivity contribution in [1.82, 2.24) is 10.3 Å². The second kappa shape index (κ2) is 5.05. The summed E-state index contributed by atoms with van der Waals surface area (Å²) < 4.78 is 40.4. The Morgan fingerprint density at radius 1 is 1.26 bits per heavy atom. The maximum atomic E-state index is 12.2. The van der Waals surface area contributed by atoms with Crippen LogP contribution < -0.4 is 10.1 Å². The number of pyridine rings is 1. The predicted octanol–water partition coefficient (Wildman–Crippen LogP) is 3.16. The highest BCUT2D eigenvalue weighted by Crippen LogP contribution is 2.26. The minimum atomic E-state index is -4.68. The normalized spacial score (nSPS) is 11.8. The smallest absolute Gasteiger partial charge is 0.406 e. The average Bonchev–Trinajstić information content (AvgIpc) is 2.29. The Hall–Kier alpha value is -1.82. The van der Waals surface area contributed by atoms with E-state index in [2.05, 4.69) is 15.0 Å². The summed E-state index contributed by atoms with van der Waals surface area (Å²) in [7, 11) is 1.80. The highest BCUT2D eigenvalue weighted by atomic mass is 19.4. The number of hydrogen-bond acceptors (Lipinski definition) is 3. The van der Waals surface area contributed by atoms with Gasteiger partial charge in [-0.1, -0.05) is 0 Å². The molecule has 0 unspecified atom stereocenters. The van der Waals surface area contributed by atoms with Gasteiger partial charge in [0.25, 0.3) is 0 Å². The lowest BCUT2D eigenvalue weighted by atomic mass is 10.1. The summed E-state index contributed by atoms with van der Waals surface area (Å²) in [6.45, 7) is 2.48. The first-order chi connectivity index (χ1) is 8.89. The number of fused-ring (bicyclic) bond motifs is 1. The van der Waals surface area contributed by atoms with Gasteiger partial charge in [-0.3, -0.25) is 4.98 Å². The van der Waals surface area contributed by atoms with Gasteiger partial charge in [0.05, 0.1) is 5.52 Å². The molecule has 3 nitrogen and oxygen atoms in total. The quantitative estimate of drug-likeness (QED) is 0.930. The van der Waals surface area contributed by atoms with Crippen molar-refractivity contribution in [3.8, 4) is 5.75 Å². The van der Waals surface area contributed by atoms with Crippen LogP contribution in [0.25, 0.3) is 10.9 Å². The fraction of sp³-hybridized carbons (Fsp3) is 0.308. The highest BCUT2D eigenvalue weighted by molar-refractivity contribution is 5.81. The second-order valence-electron chi connectivity index (χ2n) is 4.17. The Morgan fingerprint density at radius 3 is 2.63 bits per heavy atom. The summed E-state index contributed by atoms with van der Waals surface area (Å²) in [5.74, 6) is -0.235. The first-order valence-electron chi connectivity index (χ1n) is 5.69. The molecular formula is C13H13F3N2O. The van der Waals surface area contributed by atoms with Crippen molar-refractivity contribution in [3.05, 3.63) is 35.5 Å². The molecule has 0 spiro atoms. The minimum Gasteiger partial charge on any atom is -0.406 e. The molecule has 19 heavy (non-hydrogen) atoms. The molecule has 6 heteroatoms. The zero-order valence-electron chi connectivity index (χ0n) is 10.5. The Morgan fingerprint density at radius 2 is 2.00 bits per heavy atom. The molecule has 0 amide bonds. The molecule has 2 rings (SSSR count). The van der Waals surface area contributed by atoms with E-state index in [4.69, 9.17) is 0 Å². The van der Waals surface area contributed by atoms with Crippen LogP contribution in [-0.2, 0) is 6.54 Å². The van der Waals surface area contributed by atoms with Gasteiger partial charge in [0.2, 0.25) is 0 Å². The number of ether oxygens (including phenoxy) is 1. The lowest BCUT2D eigenvalue weighted by molar-refractivity contribution is -0.274. The topological polar surface area (TPSA) is 34.1 Å². The number of aryl methyl sites for hydroxylation is 1. The van der Waals surface area contributed by atoms with Gasteiger partial charge in [-0.25, -0.2) is 0 Å². The molecule has 0 fully saturated rings. The van der Waals surface area contributed by atoms with Crippen LogP contribution in [0.5, 0.6) is 5.75 Å². The van der Waals surface area contributed by atoms with Crippen molar-refractivity contribution in [2.75, 3.05) is 7.05 Å². The Bertz CT molecular complexity index is 596. The zero-order chi connectivity index (χ0) is 14.0. The SMILES string of the molecule is CNCc1cc2cc(OC(F)(F)F)ccc2nc1C. The van der Waals surface area contributed by atoms with E-state index in [0.29, 0.717) is 17.4 Å². The summed E-state index contributed by atoms with van der Waals surface area (Å²) in [5, 5.41) is 3.61. The van der Waals surface area contributed by atoms with Crippen molar-refractivity contribution in [3.63, 3.8) is 0 Å². The van der Waals surface area contributed by atoms with Crippen LogP contribution in [0.2, 0.25) is 0 Å². The van der Waals surface area contributed by atoms with Gasteiger partial charge in [-0.05, 0) is 43.8 Å². The van der Waals surface area contributed by atoms with Crippen LogP contribution in [0.3, 0.4) is 0 Å². The van der Waals surface area contributed by atoms with Gasteiger partial charge in [-0.2, -0.15) is 0 Å². The van der Waals surface area contributed by atoms with E-state index >= 15 is 0 Å². The molecule has 0 radical (unpaired) electrons. The first-order valence-corrected chi connectivity index (χ1v) is 5.69. The molecule has 0 aliphatic carbocycles. The van der Waals surface area contributed by atoms with Crippen molar-refractivity contribution < 1.29 is 17.9 Å². The summed E-state index contributed by atoms with van der Waals surface area (Å²) in [5.41, 5.74) is 2.44. The summed E-state index contributed by atoms with van der Waals surface area (Å²) in [6.07, 6.45) is -4.68. The third-order valence-electron chi connectivity index (χ3n) is 2.68. The highest BCUT2D eigenvalue weighted by Gasteiger charge is 2.31. The largest absolute Gasteiger partial charge is 0.573 e. The molecule has 0 aliphatic rings. The van der Waals surface area contributed by atoms with Gasteiger partial charge in [0, 0.05) is 17.6 Å². The number of hydrogen-bond donors (Lipinski definition) is 1. The van der Waals surface area contributed by atoms with Gasteiger partial charge in [0.1, 0.15) is 5.75 Å². The van der Waals surface area contributed by atoms with Crippen LogP contribution in [-0.4, -0.2) is 18.4 Å². The number of benzene rings is 1. The van der Waals surface area contributed by atoms with E-state index in [0.717, 1.165) is 11.3 Å². The molecule has 1 N–H and O–H groups in total. The minimum absolute atomic E-state index is 0.235. The molecule has 0 bridgehead atoms. The van der Waals surface area contributed by atoms with Gasteiger partial charge >= 0.3 is 6.36 Å². The van der Waals surface area contributed by atoms with E-state index < -0.39 is 6.36 Å². The molecule has 102 valence electrons. The molecule has 0 atom stereocenters. The van der Waals surface area contributed by atoms with Crippen LogP contribution in [0.15, 0.2) is 24.3 Å². The van der Waals surface area contributed by atoms with E-state index in [1.807, 2.05) is 13.0 Å². The zero-order valence-corrected chi connectivity index (χ0v) is 10.5. The van der Waals surface area contributed by atoms with Crippen LogP contribution in [0, 0.1) is 6.92 Å². The van der Waals surface area contributed by atoms with E-state index in [1.165, 1.54) is 18.2 Å². The van der Waals surface area contributed by atoms with Gasteiger partial charge < -0.3 is 10.1 Å². The third kappa shape index (κ3) is 3.35. The molecular weight excluding hydrogens is 257 g/mol. The van der Waals surface area contributed by atoms with Gasteiger partial charge in [-0.15, -0.1) is 13.2 Å². The van der Waals surface area contributed by atoms with E-state index in [9.17, 15) is 13.2 Å². The summed E-state index contributed by atoms with van der Waals surface area (Å²) >= 11 is 0.